The minimum Gasteiger partial charge on any atom is -0.496 e. The maximum atomic E-state index is 14.6. The molecule has 7 rings (SSSR count). The van der Waals surface area contributed by atoms with E-state index in [4.69, 9.17) is 14.5 Å². The second-order valence-electron chi connectivity index (χ2n) is 11.3. The molecule has 0 radical (unpaired) electrons. The summed E-state index contributed by atoms with van der Waals surface area (Å²) in [6.45, 7) is 3.74. The zero-order valence-electron chi connectivity index (χ0n) is 26.8. The van der Waals surface area contributed by atoms with Crippen molar-refractivity contribution in [2.24, 2.45) is 4.99 Å². The molecule has 1 aliphatic rings. The molecule has 8 heteroatoms. The van der Waals surface area contributed by atoms with E-state index in [0.717, 1.165) is 33.8 Å². The van der Waals surface area contributed by atoms with Gasteiger partial charge in [-0.1, -0.05) is 108 Å². The Bertz CT molecular complexity index is 2340. The van der Waals surface area contributed by atoms with E-state index in [1.165, 1.54) is 11.3 Å². The lowest BCUT2D eigenvalue weighted by Gasteiger charge is -2.25. The highest BCUT2D eigenvalue weighted by Crippen LogP contribution is 2.38. The number of fused-ring (bicyclic) bond motifs is 1. The third-order valence-corrected chi connectivity index (χ3v) is 9.38. The summed E-state index contributed by atoms with van der Waals surface area (Å²) in [5.74, 6) is 0.0510. The average molecular weight is 652 g/mol. The number of thiazole rings is 1. The van der Waals surface area contributed by atoms with Crippen molar-refractivity contribution in [1.82, 2.24) is 9.13 Å². The van der Waals surface area contributed by atoms with Gasteiger partial charge in [-0.3, -0.25) is 9.36 Å². The van der Waals surface area contributed by atoms with Crippen molar-refractivity contribution in [3.63, 3.8) is 0 Å². The maximum Gasteiger partial charge on any atom is 0.338 e. The fraction of sp³-hybridized carbons (Fsp3) is 0.125. The van der Waals surface area contributed by atoms with Crippen LogP contribution in [-0.2, 0) is 9.53 Å². The molecule has 4 aromatic carbocycles. The molecule has 3 heterocycles. The summed E-state index contributed by atoms with van der Waals surface area (Å²) in [6.07, 6.45) is 1.95. The van der Waals surface area contributed by atoms with E-state index in [1.54, 1.807) is 25.5 Å². The smallest absolute Gasteiger partial charge is 0.338 e. The number of nitrogens with zero attached hydrogens (tertiary/aromatic N) is 3. The Morgan fingerprint density at radius 1 is 0.875 bits per heavy atom. The predicted octanol–water partition coefficient (Wildman–Crippen LogP) is 6.93. The number of esters is 1. The second-order valence-corrected chi connectivity index (χ2v) is 12.3. The highest BCUT2D eigenvalue weighted by molar-refractivity contribution is 7.07. The van der Waals surface area contributed by atoms with Gasteiger partial charge in [0.15, 0.2) is 4.80 Å². The van der Waals surface area contributed by atoms with E-state index in [2.05, 4.69) is 47.0 Å². The van der Waals surface area contributed by atoms with Crippen LogP contribution >= 0.6 is 11.3 Å². The van der Waals surface area contributed by atoms with Crippen molar-refractivity contribution in [2.45, 2.75) is 19.9 Å². The lowest BCUT2D eigenvalue weighted by Crippen LogP contribution is -2.40. The molecule has 0 aliphatic carbocycles. The number of carbonyl (C=O) groups is 1. The first-order chi connectivity index (χ1) is 23.5. The minimum absolute atomic E-state index is 0.198. The topological polar surface area (TPSA) is 74.8 Å². The molecule has 0 N–H and O–H groups in total. The van der Waals surface area contributed by atoms with Crippen molar-refractivity contribution < 1.29 is 14.3 Å². The van der Waals surface area contributed by atoms with Gasteiger partial charge in [0.05, 0.1) is 40.9 Å². The molecule has 48 heavy (non-hydrogen) atoms. The van der Waals surface area contributed by atoms with E-state index in [-0.39, 0.29) is 12.2 Å². The summed E-state index contributed by atoms with van der Waals surface area (Å²) in [5, 5.41) is 0. The largest absolute Gasteiger partial charge is 0.496 e. The van der Waals surface area contributed by atoms with Gasteiger partial charge in [0.1, 0.15) is 11.8 Å². The van der Waals surface area contributed by atoms with Crippen molar-refractivity contribution in [3.05, 3.63) is 163 Å². The first-order valence-corrected chi connectivity index (χ1v) is 16.6. The van der Waals surface area contributed by atoms with Crippen molar-refractivity contribution in [1.29, 1.82) is 0 Å². The third-order valence-electron chi connectivity index (χ3n) is 8.40. The zero-order valence-corrected chi connectivity index (χ0v) is 27.6. The van der Waals surface area contributed by atoms with Crippen LogP contribution in [0.4, 0.5) is 0 Å². The normalized spacial score (nSPS) is 14.4. The van der Waals surface area contributed by atoms with E-state index in [1.807, 2.05) is 84.9 Å². The molecule has 0 spiro atoms. The quantitative estimate of drug-likeness (QED) is 0.167. The lowest BCUT2D eigenvalue weighted by molar-refractivity contribution is -0.139. The molecule has 2 aromatic heterocycles. The second kappa shape index (κ2) is 13.2. The monoisotopic (exact) mass is 651 g/mol. The summed E-state index contributed by atoms with van der Waals surface area (Å²) in [5.41, 5.74) is 7.12. The fourth-order valence-electron chi connectivity index (χ4n) is 6.32. The molecule has 7 nitrogen and oxygen atoms in total. The van der Waals surface area contributed by atoms with E-state index >= 15 is 0 Å². The molecule has 0 fully saturated rings. The number of hydrogen-bond donors (Lipinski definition) is 0. The Labute approximate surface area is 282 Å². The maximum absolute atomic E-state index is 14.6. The standard InChI is InChI=1S/C40H33N3O4S/c1-4-47-39(45)35-26(2)41-40-43(37(35)31-22-14-15-23-33(31)46-3)38(44)34(48-40)25-29-24-32(27-16-8-5-9-17-27)42(30-20-12-7-13-21-30)36(29)28-18-10-6-11-19-28/h5-25,37H,4H2,1-3H3/b34-25-/t37-/m0/s1. The molecule has 238 valence electrons. The molecule has 0 unspecified atom stereocenters. The summed E-state index contributed by atoms with van der Waals surface area (Å²) in [4.78, 5) is 33.3. The molecule has 0 amide bonds. The van der Waals surface area contributed by atoms with Crippen LogP contribution in [0.1, 0.15) is 31.0 Å². The van der Waals surface area contributed by atoms with Gasteiger partial charge >= 0.3 is 5.97 Å². The van der Waals surface area contributed by atoms with Crippen LogP contribution in [0.5, 0.6) is 5.75 Å². The number of ether oxygens (including phenoxy) is 2. The molecular weight excluding hydrogens is 619 g/mol. The van der Waals surface area contributed by atoms with Crippen molar-refractivity contribution >= 4 is 23.4 Å². The number of para-hydroxylation sites is 2. The van der Waals surface area contributed by atoms with Gasteiger partial charge in [0, 0.05) is 16.8 Å². The molecule has 6 aromatic rings. The molecule has 0 saturated heterocycles. The highest BCUT2D eigenvalue weighted by Gasteiger charge is 2.35. The number of aromatic nitrogens is 2. The molecule has 1 atom stereocenters. The number of allylic oxidation sites excluding steroid dienone is 1. The number of hydrogen-bond acceptors (Lipinski definition) is 6. The minimum atomic E-state index is -0.777. The van der Waals surface area contributed by atoms with Crippen LogP contribution in [0.2, 0.25) is 0 Å². The van der Waals surface area contributed by atoms with Crippen LogP contribution in [0.25, 0.3) is 34.3 Å². The predicted molar refractivity (Wildman–Crippen MR) is 190 cm³/mol. The van der Waals surface area contributed by atoms with Crippen LogP contribution in [0.15, 0.2) is 142 Å². The number of benzene rings is 4. The van der Waals surface area contributed by atoms with Gasteiger partial charge in [0.25, 0.3) is 5.56 Å². The summed E-state index contributed by atoms with van der Waals surface area (Å²) in [7, 11) is 1.58. The first-order valence-electron chi connectivity index (χ1n) is 15.7. The van der Waals surface area contributed by atoms with Gasteiger partial charge in [-0.25, -0.2) is 9.79 Å². The van der Waals surface area contributed by atoms with Gasteiger partial charge in [-0.05, 0) is 55.3 Å². The number of methoxy groups -OCH3 is 1. The third kappa shape index (κ3) is 5.50. The first kappa shape index (κ1) is 30.9. The van der Waals surface area contributed by atoms with Gasteiger partial charge in [0.2, 0.25) is 0 Å². The Hall–Kier alpha value is -5.73. The van der Waals surface area contributed by atoms with Gasteiger partial charge in [-0.2, -0.15) is 0 Å². The van der Waals surface area contributed by atoms with Crippen LogP contribution < -0.4 is 19.6 Å². The molecule has 0 saturated carbocycles. The van der Waals surface area contributed by atoms with Gasteiger partial charge < -0.3 is 14.0 Å². The zero-order chi connectivity index (χ0) is 33.2. The number of rotatable bonds is 8. The molecular formula is C40H33N3O4S. The van der Waals surface area contributed by atoms with Crippen LogP contribution in [0.3, 0.4) is 0 Å². The lowest BCUT2D eigenvalue weighted by atomic mass is 9.95. The highest BCUT2D eigenvalue weighted by atomic mass is 32.1. The van der Waals surface area contributed by atoms with Gasteiger partial charge in [-0.15, -0.1) is 0 Å². The summed E-state index contributed by atoms with van der Waals surface area (Å²) >= 11 is 1.30. The SMILES string of the molecule is CCOC(=O)C1=C(C)N=c2s/c(=C\c3cc(-c4ccccc4)n(-c4ccccc4)c3-c3ccccc3)c(=O)n2[C@H]1c1ccccc1OC. The molecule has 0 bridgehead atoms. The Balaban J connectivity index is 1.52. The van der Waals surface area contributed by atoms with E-state index in [0.29, 0.717) is 31.9 Å². The van der Waals surface area contributed by atoms with E-state index in [9.17, 15) is 9.59 Å². The van der Waals surface area contributed by atoms with Crippen molar-refractivity contribution in [3.8, 4) is 34.0 Å². The van der Waals surface area contributed by atoms with E-state index < -0.39 is 12.0 Å². The Morgan fingerprint density at radius 3 is 2.17 bits per heavy atom. The summed E-state index contributed by atoms with van der Waals surface area (Å²) in [6, 6.07) is 39.5. The average Bonchev–Trinajstić information content (AvgIpc) is 3.65. The van der Waals surface area contributed by atoms with Crippen molar-refractivity contribution in [2.75, 3.05) is 13.7 Å². The number of carbonyl (C=O) groups excluding carboxylic acids is 1. The Morgan fingerprint density at radius 2 is 1.50 bits per heavy atom. The van der Waals surface area contributed by atoms with Crippen LogP contribution in [0, 0.1) is 0 Å². The Kier molecular flexibility index (Phi) is 8.48. The van der Waals surface area contributed by atoms with Crippen LogP contribution in [-0.4, -0.2) is 28.8 Å². The fourth-order valence-corrected chi connectivity index (χ4v) is 7.35. The summed E-state index contributed by atoms with van der Waals surface area (Å²) < 4.78 is 15.5. The molecule has 1 aliphatic heterocycles.